The number of hydrogen-bond donors (Lipinski definition) is 4. The van der Waals surface area contributed by atoms with Crippen molar-refractivity contribution >= 4 is 0 Å². The first-order valence-corrected chi connectivity index (χ1v) is 12.2. The van der Waals surface area contributed by atoms with Crippen LogP contribution in [0.25, 0.3) is 0 Å². The molecular formula is C24H47NO4. The number of hydrogen-bond acceptors (Lipinski definition) is 5. The molecule has 0 radical (unpaired) electrons. The lowest BCUT2D eigenvalue weighted by atomic mass is 9.94. The predicted molar refractivity (Wildman–Crippen MR) is 120 cm³/mol. The molecule has 0 amide bonds. The van der Waals surface area contributed by atoms with Crippen molar-refractivity contribution < 1.29 is 20.4 Å². The molecule has 0 unspecified atom stereocenters. The van der Waals surface area contributed by atoms with Crippen LogP contribution in [-0.4, -0.2) is 69.4 Å². The first kappa shape index (κ1) is 26.6. The van der Waals surface area contributed by atoms with Gasteiger partial charge in [-0.1, -0.05) is 83.3 Å². The number of β-amino-alcohol motifs (C(OH)–C–C–N with tert-alkyl or cyclic N) is 1. The van der Waals surface area contributed by atoms with Crippen LogP contribution < -0.4 is 0 Å². The van der Waals surface area contributed by atoms with Gasteiger partial charge >= 0.3 is 0 Å². The van der Waals surface area contributed by atoms with Crippen LogP contribution in [0.1, 0.15) is 96.8 Å². The number of piperidine rings is 1. The Morgan fingerprint density at radius 1 is 0.724 bits per heavy atom. The van der Waals surface area contributed by atoms with Crippen LogP contribution in [0.15, 0.2) is 12.2 Å². The number of likely N-dealkylation sites (tertiary alicyclic amines) is 1. The molecule has 29 heavy (non-hydrogen) atoms. The summed E-state index contributed by atoms with van der Waals surface area (Å²) in [7, 11) is 0. The Morgan fingerprint density at radius 2 is 1.24 bits per heavy atom. The Balaban J connectivity index is 1.91. The lowest BCUT2D eigenvalue weighted by molar-refractivity contribution is -0.145. The van der Waals surface area contributed by atoms with E-state index >= 15 is 0 Å². The zero-order chi connectivity index (χ0) is 21.3. The summed E-state index contributed by atoms with van der Waals surface area (Å²) in [6.45, 7) is 3.11. The van der Waals surface area contributed by atoms with Crippen LogP contribution in [-0.2, 0) is 0 Å². The summed E-state index contributed by atoms with van der Waals surface area (Å²) in [5, 5.41) is 39.0. The monoisotopic (exact) mass is 413 g/mol. The Morgan fingerprint density at radius 3 is 1.79 bits per heavy atom. The average molecular weight is 414 g/mol. The van der Waals surface area contributed by atoms with Gasteiger partial charge in [-0.25, -0.2) is 0 Å². The Kier molecular flexibility index (Phi) is 15.8. The number of allylic oxidation sites excluding steroid dienone is 2. The molecular weight excluding hydrogens is 366 g/mol. The van der Waals surface area contributed by atoms with Crippen molar-refractivity contribution in [3.8, 4) is 0 Å². The van der Waals surface area contributed by atoms with Gasteiger partial charge in [-0.3, -0.25) is 4.90 Å². The molecule has 0 aromatic heterocycles. The number of unbranched alkanes of at least 4 members (excludes halogenated alkanes) is 12. The number of rotatable bonds is 17. The fourth-order valence-corrected chi connectivity index (χ4v) is 4.18. The van der Waals surface area contributed by atoms with E-state index in [4.69, 9.17) is 0 Å². The fraction of sp³-hybridized carbons (Fsp3) is 0.917. The molecule has 0 aromatic rings. The molecule has 4 atom stereocenters. The van der Waals surface area contributed by atoms with Crippen molar-refractivity contribution in [1.82, 2.24) is 4.90 Å². The smallest absolute Gasteiger partial charge is 0.109 e. The molecule has 1 aliphatic rings. The summed E-state index contributed by atoms with van der Waals surface area (Å²) in [5.74, 6) is 0. The van der Waals surface area contributed by atoms with E-state index in [0.717, 1.165) is 19.4 Å². The number of aliphatic hydroxyl groups excluding tert-OH is 4. The van der Waals surface area contributed by atoms with Crippen molar-refractivity contribution in [2.45, 2.75) is 121 Å². The van der Waals surface area contributed by atoms with Crippen LogP contribution >= 0.6 is 0 Å². The zero-order valence-electron chi connectivity index (χ0n) is 18.7. The molecule has 5 heteroatoms. The maximum Gasteiger partial charge on any atom is 0.109 e. The van der Waals surface area contributed by atoms with Crippen molar-refractivity contribution in [1.29, 1.82) is 0 Å². The van der Waals surface area contributed by atoms with E-state index in [1.807, 2.05) is 4.90 Å². The molecule has 0 bridgehead atoms. The van der Waals surface area contributed by atoms with Crippen LogP contribution in [0.2, 0.25) is 0 Å². The van der Waals surface area contributed by atoms with Gasteiger partial charge in [0.15, 0.2) is 0 Å². The van der Waals surface area contributed by atoms with E-state index in [2.05, 4.69) is 19.1 Å². The summed E-state index contributed by atoms with van der Waals surface area (Å²) in [6, 6.07) is -0.472. The normalized spacial score (nSPS) is 25.8. The quantitative estimate of drug-likeness (QED) is 0.215. The third-order valence-corrected chi connectivity index (χ3v) is 6.17. The molecule has 4 N–H and O–H groups in total. The molecule has 0 spiro atoms. The van der Waals surface area contributed by atoms with Gasteiger partial charge in [0.2, 0.25) is 0 Å². The molecule has 1 rings (SSSR count). The van der Waals surface area contributed by atoms with Crippen molar-refractivity contribution in [3.63, 3.8) is 0 Å². The fourth-order valence-electron chi connectivity index (χ4n) is 4.18. The van der Waals surface area contributed by atoms with Gasteiger partial charge in [-0.05, 0) is 32.2 Å². The average Bonchev–Trinajstić information content (AvgIpc) is 2.72. The summed E-state index contributed by atoms with van der Waals surface area (Å²) in [6.07, 6.45) is 19.2. The van der Waals surface area contributed by atoms with Gasteiger partial charge in [-0.2, -0.15) is 0 Å². The number of nitrogens with zero attached hydrogens (tertiary/aromatic N) is 1. The highest BCUT2D eigenvalue weighted by Crippen LogP contribution is 2.20. The van der Waals surface area contributed by atoms with Crippen molar-refractivity contribution in [3.05, 3.63) is 12.2 Å². The van der Waals surface area contributed by atoms with Gasteiger partial charge in [0, 0.05) is 6.54 Å². The topological polar surface area (TPSA) is 84.2 Å². The predicted octanol–water partition coefficient (Wildman–Crippen LogP) is 3.78. The van der Waals surface area contributed by atoms with E-state index < -0.39 is 24.4 Å². The lowest BCUT2D eigenvalue weighted by Crippen LogP contribution is -2.62. The highest BCUT2D eigenvalue weighted by Gasteiger charge is 2.40. The molecule has 5 nitrogen and oxygen atoms in total. The molecule has 1 fully saturated rings. The zero-order valence-corrected chi connectivity index (χ0v) is 18.7. The van der Waals surface area contributed by atoms with Crippen LogP contribution in [0, 0.1) is 0 Å². The summed E-state index contributed by atoms with van der Waals surface area (Å²) in [5.41, 5.74) is 0. The summed E-state index contributed by atoms with van der Waals surface area (Å²) >= 11 is 0. The molecule has 0 aromatic carbocycles. The van der Waals surface area contributed by atoms with Gasteiger partial charge in [0.1, 0.15) is 12.2 Å². The Bertz CT molecular complexity index is 404. The summed E-state index contributed by atoms with van der Waals surface area (Å²) < 4.78 is 0. The Hall–Kier alpha value is -0.460. The largest absolute Gasteiger partial charge is 0.395 e. The minimum absolute atomic E-state index is 0.194. The van der Waals surface area contributed by atoms with E-state index in [1.54, 1.807) is 0 Å². The second-order valence-electron chi connectivity index (χ2n) is 8.73. The van der Waals surface area contributed by atoms with Crippen LogP contribution in [0.4, 0.5) is 0 Å². The third kappa shape index (κ3) is 11.5. The standard InChI is InChI=1S/C24H47NO4/c1-2-3-4-5-6-7-8-9-10-11-12-13-14-15-16-17-18-25-19-22(27)24(29)23(28)21(25)20-26/h5-6,21-24,26-29H,2-4,7-20H2,1H3/b6-5+/t21-,22+,23-,24-/m1/s1. The van der Waals surface area contributed by atoms with Crippen molar-refractivity contribution in [2.75, 3.05) is 19.7 Å². The Labute approximate surface area is 178 Å². The van der Waals surface area contributed by atoms with E-state index in [9.17, 15) is 20.4 Å². The molecule has 0 aliphatic carbocycles. The second kappa shape index (κ2) is 17.2. The minimum atomic E-state index is -1.16. The molecule has 172 valence electrons. The highest BCUT2D eigenvalue weighted by molar-refractivity contribution is 4.94. The number of aliphatic hydroxyl groups is 4. The highest BCUT2D eigenvalue weighted by atomic mass is 16.4. The first-order chi connectivity index (χ1) is 14.1. The van der Waals surface area contributed by atoms with E-state index in [1.165, 1.54) is 77.0 Å². The summed E-state index contributed by atoms with van der Waals surface area (Å²) in [4.78, 5) is 1.92. The molecule has 0 saturated carbocycles. The second-order valence-corrected chi connectivity index (χ2v) is 8.73. The molecule has 1 heterocycles. The van der Waals surface area contributed by atoms with Gasteiger partial charge < -0.3 is 20.4 Å². The maximum absolute atomic E-state index is 10.00. The maximum atomic E-state index is 10.00. The van der Waals surface area contributed by atoms with Crippen molar-refractivity contribution in [2.24, 2.45) is 0 Å². The SMILES string of the molecule is CCCC/C=C/CCCCCCCCCCCCN1C[C@H](O)[C@@H](O)[C@H](O)[C@H]1CO. The van der Waals surface area contributed by atoms with Gasteiger partial charge in [0.05, 0.1) is 18.8 Å². The van der Waals surface area contributed by atoms with Crippen LogP contribution in [0.5, 0.6) is 0 Å². The van der Waals surface area contributed by atoms with Gasteiger partial charge in [0.25, 0.3) is 0 Å². The third-order valence-electron chi connectivity index (χ3n) is 6.17. The van der Waals surface area contributed by atoms with E-state index in [0.29, 0.717) is 6.54 Å². The minimum Gasteiger partial charge on any atom is -0.395 e. The molecule has 1 saturated heterocycles. The van der Waals surface area contributed by atoms with Crippen LogP contribution in [0.3, 0.4) is 0 Å². The lowest BCUT2D eigenvalue weighted by Gasteiger charge is -2.43. The van der Waals surface area contributed by atoms with Gasteiger partial charge in [-0.15, -0.1) is 0 Å². The first-order valence-electron chi connectivity index (χ1n) is 12.2. The molecule has 1 aliphatic heterocycles. The van der Waals surface area contributed by atoms with E-state index in [-0.39, 0.29) is 6.61 Å².